The maximum absolute atomic E-state index is 12.6. The van der Waals surface area contributed by atoms with Crippen LogP contribution in [0.5, 0.6) is 0 Å². The first kappa shape index (κ1) is 11.3. The number of aliphatic hydroxyl groups excluding tert-OH is 1. The summed E-state index contributed by atoms with van der Waals surface area (Å²) in [4.78, 5) is 3.94. The molecular formula is C12H17FN2O. The minimum absolute atomic E-state index is 0.267. The van der Waals surface area contributed by atoms with Gasteiger partial charge >= 0.3 is 0 Å². The summed E-state index contributed by atoms with van der Waals surface area (Å²) in [5.74, 6) is 1.30. The van der Waals surface area contributed by atoms with Crippen LogP contribution in [-0.2, 0) is 0 Å². The summed E-state index contributed by atoms with van der Waals surface area (Å²) in [6.45, 7) is 1.08. The van der Waals surface area contributed by atoms with E-state index in [4.69, 9.17) is 0 Å². The van der Waals surface area contributed by atoms with Crippen LogP contribution < -0.4 is 5.32 Å². The highest BCUT2D eigenvalue weighted by Crippen LogP contribution is 2.31. The van der Waals surface area contributed by atoms with Crippen molar-refractivity contribution in [1.29, 1.82) is 0 Å². The Morgan fingerprint density at radius 2 is 2.19 bits per heavy atom. The van der Waals surface area contributed by atoms with Gasteiger partial charge in [-0.3, -0.25) is 0 Å². The zero-order valence-corrected chi connectivity index (χ0v) is 9.19. The first-order chi connectivity index (χ1) is 7.79. The molecule has 0 spiro atoms. The van der Waals surface area contributed by atoms with Gasteiger partial charge in [-0.1, -0.05) is 6.42 Å². The zero-order valence-electron chi connectivity index (χ0n) is 9.19. The molecule has 1 aliphatic rings. The minimum atomic E-state index is -0.320. The van der Waals surface area contributed by atoms with Crippen LogP contribution in [0.1, 0.15) is 19.3 Å². The lowest BCUT2D eigenvalue weighted by atomic mass is 9.97. The molecule has 0 amide bonds. The molecule has 0 aliphatic heterocycles. The summed E-state index contributed by atoms with van der Waals surface area (Å²) in [5.41, 5.74) is 0. The Bertz CT molecular complexity index is 328. The SMILES string of the molecule is OCC1CCCC1CNc1ccc(F)cn1. The number of halogens is 1. The van der Waals surface area contributed by atoms with Gasteiger partial charge in [0.2, 0.25) is 0 Å². The number of hydrogen-bond acceptors (Lipinski definition) is 3. The molecule has 2 atom stereocenters. The van der Waals surface area contributed by atoms with Crippen LogP contribution >= 0.6 is 0 Å². The fraction of sp³-hybridized carbons (Fsp3) is 0.583. The van der Waals surface area contributed by atoms with E-state index in [-0.39, 0.29) is 12.4 Å². The molecule has 88 valence electrons. The van der Waals surface area contributed by atoms with Gasteiger partial charge in [0.05, 0.1) is 6.20 Å². The molecule has 0 aromatic carbocycles. The average molecular weight is 224 g/mol. The molecule has 1 aliphatic carbocycles. The summed E-state index contributed by atoms with van der Waals surface area (Å²) in [5, 5.41) is 12.4. The number of aromatic nitrogens is 1. The third kappa shape index (κ3) is 2.70. The minimum Gasteiger partial charge on any atom is -0.396 e. The van der Waals surface area contributed by atoms with Crippen molar-refractivity contribution in [1.82, 2.24) is 4.98 Å². The highest BCUT2D eigenvalue weighted by molar-refractivity contribution is 5.33. The second-order valence-electron chi connectivity index (χ2n) is 4.38. The van der Waals surface area contributed by atoms with Crippen molar-refractivity contribution < 1.29 is 9.50 Å². The van der Waals surface area contributed by atoms with E-state index in [1.54, 1.807) is 6.07 Å². The molecule has 2 rings (SSSR count). The van der Waals surface area contributed by atoms with Gasteiger partial charge < -0.3 is 10.4 Å². The van der Waals surface area contributed by atoms with Crippen molar-refractivity contribution >= 4 is 5.82 Å². The monoisotopic (exact) mass is 224 g/mol. The standard InChI is InChI=1S/C12H17FN2O/c13-11-4-5-12(15-7-11)14-6-9-2-1-3-10(9)8-16/h4-5,7,9-10,16H,1-3,6,8H2,(H,14,15). The van der Waals surface area contributed by atoms with E-state index in [0.29, 0.717) is 17.7 Å². The third-order valence-electron chi connectivity index (χ3n) is 3.32. The van der Waals surface area contributed by atoms with Gasteiger partial charge in [0.1, 0.15) is 11.6 Å². The predicted octanol–water partition coefficient (Wildman–Crippen LogP) is 2.04. The van der Waals surface area contributed by atoms with Crippen LogP contribution in [-0.4, -0.2) is 23.2 Å². The third-order valence-corrected chi connectivity index (χ3v) is 3.32. The van der Waals surface area contributed by atoms with Gasteiger partial charge in [-0.15, -0.1) is 0 Å². The molecule has 16 heavy (non-hydrogen) atoms. The van der Waals surface area contributed by atoms with Crippen molar-refractivity contribution in [3.05, 3.63) is 24.1 Å². The number of nitrogens with one attached hydrogen (secondary N) is 1. The molecule has 4 heteroatoms. The van der Waals surface area contributed by atoms with Crippen molar-refractivity contribution in [3.8, 4) is 0 Å². The number of pyridine rings is 1. The molecule has 0 saturated heterocycles. The molecule has 2 N–H and O–H groups in total. The Hall–Kier alpha value is -1.16. The van der Waals surface area contributed by atoms with E-state index in [2.05, 4.69) is 10.3 Å². The van der Waals surface area contributed by atoms with Crippen LogP contribution in [0, 0.1) is 17.7 Å². The maximum Gasteiger partial charge on any atom is 0.141 e. The van der Waals surface area contributed by atoms with Crippen LogP contribution in [0.4, 0.5) is 10.2 Å². The first-order valence-corrected chi connectivity index (χ1v) is 5.76. The van der Waals surface area contributed by atoms with E-state index in [0.717, 1.165) is 19.4 Å². The summed E-state index contributed by atoms with van der Waals surface area (Å²) in [6.07, 6.45) is 4.66. The van der Waals surface area contributed by atoms with Crippen LogP contribution in [0.3, 0.4) is 0 Å². The first-order valence-electron chi connectivity index (χ1n) is 5.76. The van der Waals surface area contributed by atoms with E-state index < -0.39 is 0 Å². The van der Waals surface area contributed by atoms with Crippen molar-refractivity contribution in [2.24, 2.45) is 11.8 Å². The summed E-state index contributed by atoms with van der Waals surface area (Å²) in [7, 11) is 0. The number of nitrogens with zero attached hydrogens (tertiary/aromatic N) is 1. The molecule has 1 aromatic rings. The molecule has 1 heterocycles. The van der Waals surface area contributed by atoms with Crippen LogP contribution in [0.15, 0.2) is 18.3 Å². The van der Waals surface area contributed by atoms with Crippen molar-refractivity contribution in [3.63, 3.8) is 0 Å². The highest BCUT2D eigenvalue weighted by atomic mass is 19.1. The summed E-state index contributed by atoms with van der Waals surface area (Å²) >= 11 is 0. The Kier molecular flexibility index (Phi) is 3.72. The second-order valence-corrected chi connectivity index (χ2v) is 4.38. The molecule has 2 unspecified atom stereocenters. The fourth-order valence-electron chi connectivity index (χ4n) is 2.34. The Morgan fingerprint density at radius 1 is 1.38 bits per heavy atom. The van der Waals surface area contributed by atoms with Crippen molar-refractivity contribution in [2.75, 3.05) is 18.5 Å². The Labute approximate surface area is 94.7 Å². The number of aliphatic hydroxyl groups is 1. The normalized spacial score (nSPS) is 24.6. The van der Waals surface area contributed by atoms with Gasteiger partial charge in [-0.05, 0) is 36.8 Å². The lowest BCUT2D eigenvalue weighted by Crippen LogP contribution is -2.21. The second kappa shape index (κ2) is 5.25. The van der Waals surface area contributed by atoms with Gasteiger partial charge in [0.15, 0.2) is 0 Å². The average Bonchev–Trinajstić information content (AvgIpc) is 2.76. The number of rotatable bonds is 4. The smallest absolute Gasteiger partial charge is 0.141 e. The maximum atomic E-state index is 12.6. The van der Waals surface area contributed by atoms with E-state index in [1.807, 2.05) is 0 Å². The van der Waals surface area contributed by atoms with Crippen molar-refractivity contribution in [2.45, 2.75) is 19.3 Å². The van der Waals surface area contributed by atoms with E-state index in [9.17, 15) is 9.50 Å². The number of anilines is 1. The molecule has 1 aromatic heterocycles. The lowest BCUT2D eigenvalue weighted by molar-refractivity contribution is 0.199. The summed E-state index contributed by atoms with van der Waals surface area (Å²) in [6, 6.07) is 3.03. The lowest BCUT2D eigenvalue weighted by Gasteiger charge is -2.17. The molecule has 3 nitrogen and oxygen atoms in total. The predicted molar refractivity (Wildman–Crippen MR) is 60.6 cm³/mol. The van der Waals surface area contributed by atoms with Gasteiger partial charge in [-0.2, -0.15) is 0 Å². The highest BCUT2D eigenvalue weighted by Gasteiger charge is 2.26. The van der Waals surface area contributed by atoms with Crippen LogP contribution in [0.2, 0.25) is 0 Å². The number of hydrogen-bond donors (Lipinski definition) is 2. The largest absolute Gasteiger partial charge is 0.396 e. The summed E-state index contributed by atoms with van der Waals surface area (Å²) < 4.78 is 12.6. The molecule has 1 saturated carbocycles. The zero-order chi connectivity index (χ0) is 11.4. The van der Waals surface area contributed by atoms with Gasteiger partial charge in [0, 0.05) is 13.2 Å². The quantitative estimate of drug-likeness (QED) is 0.822. The van der Waals surface area contributed by atoms with Gasteiger partial charge in [-0.25, -0.2) is 9.37 Å². The van der Waals surface area contributed by atoms with Gasteiger partial charge in [0.25, 0.3) is 0 Å². The van der Waals surface area contributed by atoms with E-state index in [1.165, 1.54) is 18.7 Å². The topological polar surface area (TPSA) is 45.1 Å². The Morgan fingerprint density at radius 3 is 2.88 bits per heavy atom. The Balaban J connectivity index is 1.85. The molecule has 0 bridgehead atoms. The molecular weight excluding hydrogens is 207 g/mol. The fourth-order valence-corrected chi connectivity index (χ4v) is 2.34. The van der Waals surface area contributed by atoms with Crippen LogP contribution in [0.25, 0.3) is 0 Å². The molecule has 0 radical (unpaired) electrons. The van der Waals surface area contributed by atoms with E-state index >= 15 is 0 Å². The molecule has 1 fully saturated rings.